The van der Waals surface area contributed by atoms with Gasteiger partial charge in [-0.1, -0.05) is 18.2 Å². The molecule has 0 saturated carbocycles. The van der Waals surface area contributed by atoms with E-state index in [1.54, 1.807) is 0 Å². The zero-order valence-corrected chi connectivity index (χ0v) is 21.0. The average molecular weight is 554 g/mol. The van der Waals surface area contributed by atoms with Crippen LogP contribution in [0.5, 0.6) is 0 Å². The molecule has 2 aromatic rings. The summed E-state index contributed by atoms with van der Waals surface area (Å²) in [6.45, 7) is 2.34. The maximum absolute atomic E-state index is 14.0. The fraction of sp³-hybridized carbons (Fsp3) is 0.370. The highest BCUT2D eigenvalue weighted by Crippen LogP contribution is 2.30. The molecule has 2 amide bonds. The lowest BCUT2D eigenvalue weighted by atomic mass is 9.98. The molecule has 7 nitrogen and oxygen atoms in total. The molecule has 12 heteroatoms. The van der Waals surface area contributed by atoms with Crippen molar-refractivity contribution in [3.8, 4) is 0 Å². The Morgan fingerprint density at radius 2 is 1.74 bits per heavy atom. The number of amides is 2. The number of alkyl halides is 3. The molecule has 1 aliphatic heterocycles. The van der Waals surface area contributed by atoms with E-state index in [2.05, 4.69) is 5.32 Å². The van der Waals surface area contributed by atoms with Crippen molar-refractivity contribution >= 4 is 23.9 Å². The van der Waals surface area contributed by atoms with Crippen molar-refractivity contribution in [1.82, 2.24) is 15.1 Å². The molecule has 0 unspecified atom stereocenters. The predicted octanol–water partition coefficient (Wildman–Crippen LogP) is 4.25. The average Bonchev–Trinajstić information content (AvgIpc) is 2.88. The van der Waals surface area contributed by atoms with E-state index in [1.807, 2.05) is 11.8 Å². The lowest BCUT2D eigenvalue weighted by Gasteiger charge is -2.45. The molecule has 2 atom stereocenters. The number of rotatable bonds is 9. The summed E-state index contributed by atoms with van der Waals surface area (Å²) >= 11 is 0. The Balaban J connectivity index is 1.67. The minimum Gasteiger partial charge on any atom is -0.481 e. The molecule has 0 radical (unpaired) electrons. The van der Waals surface area contributed by atoms with Gasteiger partial charge in [0.1, 0.15) is 0 Å². The van der Waals surface area contributed by atoms with Crippen molar-refractivity contribution < 1.29 is 41.4 Å². The molecule has 1 aliphatic rings. The van der Waals surface area contributed by atoms with Gasteiger partial charge in [0.15, 0.2) is 11.6 Å². The van der Waals surface area contributed by atoms with Crippen molar-refractivity contribution in [2.24, 2.45) is 0 Å². The molecule has 210 valence electrons. The van der Waals surface area contributed by atoms with Gasteiger partial charge in [-0.2, -0.15) is 13.2 Å². The van der Waals surface area contributed by atoms with Gasteiger partial charge in [-0.05, 0) is 61.4 Å². The minimum absolute atomic E-state index is 0.0340. The van der Waals surface area contributed by atoms with Gasteiger partial charge in [-0.15, -0.1) is 0 Å². The molecule has 1 saturated heterocycles. The van der Waals surface area contributed by atoms with Crippen molar-refractivity contribution in [3.63, 3.8) is 0 Å². The lowest BCUT2D eigenvalue weighted by Crippen LogP contribution is -2.56. The second-order valence-electron chi connectivity index (χ2n) is 9.25. The number of aliphatic carboxylic acids is 1. The Hall–Kier alpha value is -3.80. The SMILES string of the molecule is C[C@@H]1CN(C(=O)CNC(=O)/C=C/c2ccc(C(F)(F)F)cc2)[C@@H](c2ccc(F)c(F)c2)CN1CCCC(=O)O. The van der Waals surface area contributed by atoms with Crippen LogP contribution in [-0.4, -0.2) is 64.9 Å². The Bertz CT molecular complexity index is 1220. The Labute approximate surface area is 221 Å². The van der Waals surface area contributed by atoms with E-state index in [-0.39, 0.29) is 25.6 Å². The summed E-state index contributed by atoms with van der Waals surface area (Å²) in [5.41, 5.74) is -0.108. The second kappa shape index (κ2) is 12.8. The van der Waals surface area contributed by atoms with Crippen LogP contribution in [0.1, 0.15) is 42.5 Å². The molecular formula is C27H28F5N3O4. The number of benzene rings is 2. The Morgan fingerprint density at radius 1 is 1.05 bits per heavy atom. The van der Waals surface area contributed by atoms with Crippen LogP contribution in [0.15, 0.2) is 48.5 Å². The van der Waals surface area contributed by atoms with E-state index < -0.39 is 53.7 Å². The summed E-state index contributed by atoms with van der Waals surface area (Å²) in [5.74, 6) is -4.16. The molecule has 1 fully saturated rings. The van der Waals surface area contributed by atoms with E-state index in [1.165, 1.54) is 29.2 Å². The molecule has 0 aliphatic carbocycles. The van der Waals surface area contributed by atoms with Crippen LogP contribution >= 0.6 is 0 Å². The number of piperazine rings is 1. The molecule has 0 bridgehead atoms. The number of carboxylic acids is 1. The van der Waals surface area contributed by atoms with E-state index in [0.29, 0.717) is 24.1 Å². The van der Waals surface area contributed by atoms with Crippen LogP contribution in [0.25, 0.3) is 6.08 Å². The van der Waals surface area contributed by atoms with Crippen molar-refractivity contribution in [2.45, 2.75) is 38.0 Å². The van der Waals surface area contributed by atoms with Crippen molar-refractivity contribution in [3.05, 3.63) is 76.9 Å². The number of hydrogen-bond donors (Lipinski definition) is 2. The van der Waals surface area contributed by atoms with Gasteiger partial charge in [0, 0.05) is 31.6 Å². The lowest BCUT2D eigenvalue weighted by molar-refractivity contribution is -0.139. The molecule has 1 heterocycles. The van der Waals surface area contributed by atoms with Gasteiger partial charge in [0.2, 0.25) is 11.8 Å². The zero-order valence-electron chi connectivity index (χ0n) is 21.0. The summed E-state index contributed by atoms with van der Waals surface area (Å²) in [6.07, 6.45) is -1.74. The molecule has 0 spiro atoms. The fourth-order valence-corrected chi connectivity index (χ4v) is 4.33. The standard InChI is InChI=1S/C27H28F5N3O4/c1-17-15-35(23(16-34(17)12-2-3-26(38)39)19-7-10-21(28)22(29)13-19)25(37)14-33-24(36)11-6-18-4-8-20(9-5-18)27(30,31)32/h4-11,13,17,23H,2-3,12,14-16H2,1H3,(H,33,36)(H,38,39)/b11-6+/t17-,23-/m1/s1. The third-order valence-electron chi connectivity index (χ3n) is 6.43. The number of hydrogen-bond acceptors (Lipinski definition) is 4. The van der Waals surface area contributed by atoms with Gasteiger partial charge in [-0.25, -0.2) is 8.78 Å². The van der Waals surface area contributed by atoms with E-state index in [4.69, 9.17) is 5.11 Å². The van der Waals surface area contributed by atoms with E-state index >= 15 is 0 Å². The highest BCUT2D eigenvalue weighted by Gasteiger charge is 2.35. The summed E-state index contributed by atoms with van der Waals surface area (Å²) in [4.78, 5) is 39.7. The highest BCUT2D eigenvalue weighted by molar-refractivity contribution is 5.94. The molecule has 2 N–H and O–H groups in total. The van der Waals surface area contributed by atoms with Gasteiger partial charge < -0.3 is 15.3 Å². The molecule has 39 heavy (non-hydrogen) atoms. The normalized spacial score (nSPS) is 18.4. The first-order valence-electron chi connectivity index (χ1n) is 12.2. The van der Waals surface area contributed by atoms with Gasteiger partial charge >= 0.3 is 12.1 Å². The maximum atomic E-state index is 14.0. The Morgan fingerprint density at radius 3 is 2.36 bits per heavy atom. The van der Waals surface area contributed by atoms with Gasteiger partial charge in [0.25, 0.3) is 0 Å². The fourth-order valence-electron chi connectivity index (χ4n) is 4.33. The number of halogens is 5. The number of carboxylic acid groups (broad SMARTS) is 1. The second-order valence-corrected chi connectivity index (χ2v) is 9.25. The number of nitrogens with zero attached hydrogens (tertiary/aromatic N) is 2. The Kier molecular flexibility index (Phi) is 9.79. The third-order valence-corrected chi connectivity index (χ3v) is 6.43. The van der Waals surface area contributed by atoms with Crippen molar-refractivity contribution in [1.29, 1.82) is 0 Å². The molecule has 2 aromatic carbocycles. The van der Waals surface area contributed by atoms with Crippen LogP contribution in [0.3, 0.4) is 0 Å². The van der Waals surface area contributed by atoms with Crippen LogP contribution < -0.4 is 5.32 Å². The highest BCUT2D eigenvalue weighted by atomic mass is 19.4. The van der Waals surface area contributed by atoms with Gasteiger partial charge in [-0.3, -0.25) is 19.3 Å². The molecule has 0 aromatic heterocycles. The summed E-state index contributed by atoms with van der Waals surface area (Å²) < 4.78 is 65.6. The predicted molar refractivity (Wildman–Crippen MR) is 132 cm³/mol. The number of nitrogens with one attached hydrogen (secondary N) is 1. The first-order valence-corrected chi connectivity index (χ1v) is 12.2. The van der Waals surface area contributed by atoms with Crippen LogP contribution in [0, 0.1) is 11.6 Å². The first-order chi connectivity index (χ1) is 18.3. The maximum Gasteiger partial charge on any atom is 0.416 e. The van der Waals surface area contributed by atoms with Gasteiger partial charge in [0.05, 0.1) is 18.2 Å². The summed E-state index contributed by atoms with van der Waals surface area (Å²) in [5, 5.41) is 11.4. The molecular weight excluding hydrogens is 525 g/mol. The summed E-state index contributed by atoms with van der Waals surface area (Å²) in [6, 6.07) is 6.71. The number of carbonyl (C=O) groups excluding carboxylic acids is 2. The summed E-state index contributed by atoms with van der Waals surface area (Å²) in [7, 11) is 0. The van der Waals surface area contributed by atoms with Crippen LogP contribution in [0.4, 0.5) is 22.0 Å². The smallest absolute Gasteiger partial charge is 0.416 e. The minimum atomic E-state index is -4.47. The first kappa shape index (κ1) is 29.8. The van der Waals surface area contributed by atoms with Crippen molar-refractivity contribution in [2.75, 3.05) is 26.2 Å². The van der Waals surface area contributed by atoms with Crippen LogP contribution in [0.2, 0.25) is 0 Å². The largest absolute Gasteiger partial charge is 0.481 e. The van der Waals surface area contributed by atoms with E-state index in [0.717, 1.165) is 30.3 Å². The number of carbonyl (C=O) groups is 3. The zero-order chi connectivity index (χ0) is 28.7. The van der Waals surface area contributed by atoms with E-state index in [9.17, 15) is 36.3 Å². The monoisotopic (exact) mass is 553 g/mol. The quantitative estimate of drug-likeness (QED) is 0.358. The van der Waals surface area contributed by atoms with Crippen LogP contribution in [-0.2, 0) is 20.6 Å². The third kappa shape index (κ3) is 8.34. The topological polar surface area (TPSA) is 90.0 Å². The molecule has 3 rings (SSSR count).